The molecule has 1 amide bonds. The van der Waals surface area contributed by atoms with Crippen LogP contribution in [0.3, 0.4) is 0 Å². The minimum Gasteiger partial charge on any atom is -0.395 e. The van der Waals surface area contributed by atoms with Crippen LogP contribution in [0.4, 0.5) is 0 Å². The highest BCUT2D eigenvalue weighted by Crippen LogP contribution is 2.15. The van der Waals surface area contributed by atoms with Gasteiger partial charge in [0.15, 0.2) is 0 Å². The molecule has 2 aromatic rings. The van der Waals surface area contributed by atoms with Crippen LogP contribution >= 0.6 is 11.3 Å². The molecule has 2 rings (SSSR count). The molecule has 4 nitrogen and oxygen atoms in total. The van der Waals surface area contributed by atoms with E-state index in [-0.39, 0.29) is 12.5 Å². The normalized spacial score (nSPS) is 9.65. The molecule has 0 saturated carbocycles. The highest BCUT2D eigenvalue weighted by Gasteiger charge is 2.07. The first-order valence-electron chi connectivity index (χ1n) is 6.16. The third kappa shape index (κ3) is 4.19. The van der Waals surface area contributed by atoms with Gasteiger partial charge in [-0.25, -0.2) is 0 Å². The van der Waals surface area contributed by atoms with E-state index in [4.69, 9.17) is 5.11 Å². The molecule has 102 valence electrons. The maximum Gasteiger partial charge on any atom is 0.261 e. The van der Waals surface area contributed by atoms with Crippen LogP contribution < -0.4 is 5.32 Å². The van der Waals surface area contributed by atoms with Gasteiger partial charge >= 0.3 is 0 Å². The van der Waals surface area contributed by atoms with Crippen molar-refractivity contribution in [3.63, 3.8) is 0 Å². The Morgan fingerprint density at radius 3 is 3.05 bits per heavy atom. The molecule has 0 saturated heterocycles. The van der Waals surface area contributed by atoms with Crippen molar-refractivity contribution < 1.29 is 9.90 Å². The molecule has 0 aromatic carbocycles. The Kier molecular flexibility index (Phi) is 5.30. The lowest BCUT2D eigenvalue weighted by Gasteiger charge is -2.02. The Morgan fingerprint density at radius 1 is 1.40 bits per heavy atom. The Labute approximate surface area is 121 Å². The van der Waals surface area contributed by atoms with Crippen LogP contribution in [-0.4, -0.2) is 22.6 Å². The average Bonchev–Trinajstić information content (AvgIpc) is 2.95. The molecule has 0 aliphatic heterocycles. The van der Waals surface area contributed by atoms with E-state index in [1.54, 1.807) is 18.5 Å². The minimum absolute atomic E-state index is 0.0524. The summed E-state index contributed by atoms with van der Waals surface area (Å²) in [6.45, 7) is 0.507. The van der Waals surface area contributed by atoms with E-state index in [0.29, 0.717) is 17.8 Å². The Bertz CT molecular complexity index is 626. The lowest BCUT2D eigenvalue weighted by atomic mass is 10.3. The first-order chi connectivity index (χ1) is 9.79. The van der Waals surface area contributed by atoms with Gasteiger partial charge in [0.1, 0.15) is 0 Å². The second-order valence-corrected chi connectivity index (χ2v) is 5.07. The first-order valence-corrected chi connectivity index (χ1v) is 6.98. The zero-order chi connectivity index (χ0) is 14.2. The predicted octanol–water partition coefficient (Wildman–Crippen LogP) is 1.81. The predicted molar refractivity (Wildman–Crippen MR) is 78.3 cm³/mol. The Hall–Kier alpha value is -2.16. The smallest absolute Gasteiger partial charge is 0.261 e. The third-order valence-electron chi connectivity index (χ3n) is 2.45. The number of nitrogens with one attached hydrogen (secondary N) is 1. The van der Waals surface area contributed by atoms with Crippen LogP contribution in [0.25, 0.3) is 0 Å². The molecular weight excluding hydrogens is 272 g/mol. The fraction of sp³-hybridized carbons (Fsp3) is 0.200. The van der Waals surface area contributed by atoms with Crippen LogP contribution in [0.5, 0.6) is 0 Å². The van der Waals surface area contributed by atoms with Crippen LogP contribution in [0, 0.1) is 11.8 Å². The Balaban J connectivity index is 1.92. The SMILES string of the molecule is O=C(NCc1cccnc1)c1ccc(C#CCCO)s1. The van der Waals surface area contributed by atoms with Crippen molar-refractivity contribution in [2.45, 2.75) is 13.0 Å². The summed E-state index contributed by atoms with van der Waals surface area (Å²) in [5, 5.41) is 11.5. The number of aromatic nitrogens is 1. The van der Waals surface area contributed by atoms with Gasteiger partial charge in [0.2, 0.25) is 0 Å². The summed E-state index contributed by atoms with van der Waals surface area (Å²) in [6, 6.07) is 7.31. The first kappa shape index (κ1) is 14.3. The zero-order valence-electron chi connectivity index (χ0n) is 10.8. The van der Waals surface area contributed by atoms with Crippen molar-refractivity contribution in [2.75, 3.05) is 6.61 Å². The molecule has 0 unspecified atom stereocenters. The number of carbonyl (C=O) groups is 1. The van der Waals surface area contributed by atoms with Crippen molar-refractivity contribution >= 4 is 17.2 Å². The van der Waals surface area contributed by atoms with Crippen molar-refractivity contribution in [1.29, 1.82) is 0 Å². The number of aliphatic hydroxyl groups excluding tert-OH is 1. The van der Waals surface area contributed by atoms with E-state index in [0.717, 1.165) is 10.4 Å². The summed E-state index contributed by atoms with van der Waals surface area (Å²) < 4.78 is 0. The number of carbonyl (C=O) groups excluding carboxylic acids is 1. The minimum atomic E-state index is -0.117. The molecule has 2 aromatic heterocycles. The number of nitrogens with zero attached hydrogens (tertiary/aromatic N) is 1. The van der Waals surface area contributed by atoms with E-state index in [1.165, 1.54) is 11.3 Å². The number of hydrogen-bond donors (Lipinski definition) is 2. The van der Waals surface area contributed by atoms with Gasteiger partial charge in [0.05, 0.1) is 16.4 Å². The molecular formula is C15H14N2O2S. The molecule has 0 radical (unpaired) electrons. The lowest BCUT2D eigenvalue weighted by molar-refractivity contribution is 0.0955. The van der Waals surface area contributed by atoms with Crippen molar-refractivity contribution in [1.82, 2.24) is 10.3 Å². The molecule has 0 aliphatic carbocycles. The fourth-order valence-electron chi connectivity index (χ4n) is 1.50. The number of hydrogen-bond acceptors (Lipinski definition) is 4. The van der Waals surface area contributed by atoms with E-state index in [9.17, 15) is 4.79 Å². The number of amides is 1. The maximum atomic E-state index is 12.0. The molecule has 0 bridgehead atoms. The number of pyridine rings is 1. The van der Waals surface area contributed by atoms with Gasteiger partial charge in [-0.15, -0.1) is 11.3 Å². The second kappa shape index (κ2) is 7.43. The van der Waals surface area contributed by atoms with E-state index >= 15 is 0 Å². The third-order valence-corrected chi connectivity index (χ3v) is 3.45. The molecule has 0 spiro atoms. The standard InChI is InChI=1S/C15H14N2O2S/c18-9-2-1-5-13-6-7-14(20-13)15(19)17-11-12-4-3-8-16-10-12/h3-4,6-8,10,18H,2,9,11H2,(H,17,19). The van der Waals surface area contributed by atoms with Gasteiger partial charge in [-0.05, 0) is 23.8 Å². The second-order valence-electron chi connectivity index (χ2n) is 3.98. The quantitative estimate of drug-likeness (QED) is 0.843. The van der Waals surface area contributed by atoms with Gasteiger partial charge in [-0.2, -0.15) is 0 Å². The zero-order valence-corrected chi connectivity index (χ0v) is 11.6. The van der Waals surface area contributed by atoms with E-state index in [1.807, 2.05) is 18.2 Å². The van der Waals surface area contributed by atoms with E-state index in [2.05, 4.69) is 22.1 Å². The number of aliphatic hydroxyl groups is 1. The van der Waals surface area contributed by atoms with Gasteiger partial charge in [-0.3, -0.25) is 9.78 Å². The molecule has 5 heteroatoms. The summed E-state index contributed by atoms with van der Waals surface area (Å²) in [7, 11) is 0. The maximum absolute atomic E-state index is 12.0. The molecule has 0 aliphatic rings. The largest absolute Gasteiger partial charge is 0.395 e. The Morgan fingerprint density at radius 2 is 2.30 bits per heavy atom. The van der Waals surface area contributed by atoms with Crippen LogP contribution in [0.2, 0.25) is 0 Å². The molecule has 0 fully saturated rings. The number of thiophene rings is 1. The van der Waals surface area contributed by atoms with E-state index < -0.39 is 0 Å². The fourth-order valence-corrected chi connectivity index (χ4v) is 2.30. The highest BCUT2D eigenvalue weighted by molar-refractivity contribution is 7.14. The monoisotopic (exact) mass is 286 g/mol. The summed E-state index contributed by atoms with van der Waals surface area (Å²) in [6.07, 6.45) is 3.86. The summed E-state index contributed by atoms with van der Waals surface area (Å²) >= 11 is 1.34. The van der Waals surface area contributed by atoms with Crippen LogP contribution in [0.15, 0.2) is 36.7 Å². The average molecular weight is 286 g/mol. The topological polar surface area (TPSA) is 62.2 Å². The van der Waals surface area contributed by atoms with Gasteiger partial charge in [0, 0.05) is 25.4 Å². The van der Waals surface area contributed by atoms with Crippen molar-refractivity contribution in [3.05, 3.63) is 52.0 Å². The summed E-state index contributed by atoms with van der Waals surface area (Å²) in [5.41, 5.74) is 0.959. The van der Waals surface area contributed by atoms with Crippen molar-refractivity contribution in [2.24, 2.45) is 0 Å². The van der Waals surface area contributed by atoms with Gasteiger partial charge in [-0.1, -0.05) is 17.9 Å². The van der Waals surface area contributed by atoms with Gasteiger partial charge < -0.3 is 10.4 Å². The molecule has 2 N–H and O–H groups in total. The number of rotatable bonds is 4. The summed E-state index contributed by atoms with van der Waals surface area (Å²) in [4.78, 5) is 17.4. The lowest BCUT2D eigenvalue weighted by Crippen LogP contribution is -2.21. The van der Waals surface area contributed by atoms with Crippen LogP contribution in [0.1, 0.15) is 26.5 Å². The molecule has 0 atom stereocenters. The van der Waals surface area contributed by atoms with Crippen molar-refractivity contribution in [3.8, 4) is 11.8 Å². The van der Waals surface area contributed by atoms with Crippen LogP contribution in [-0.2, 0) is 6.54 Å². The molecule has 2 heterocycles. The molecule has 20 heavy (non-hydrogen) atoms. The summed E-state index contributed by atoms with van der Waals surface area (Å²) in [5.74, 6) is 5.63. The van der Waals surface area contributed by atoms with Gasteiger partial charge in [0.25, 0.3) is 5.91 Å². The highest BCUT2D eigenvalue weighted by atomic mass is 32.1.